The Morgan fingerprint density at radius 3 is 2.76 bits per heavy atom. The molecule has 37 heavy (non-hydrogen) atoms. The number of nitrogens with zero attached hydrogens (tertiary/aromatic N) is 5. The zero-order valence-electron chi connectivity index (χ0n) is 21.5. The van der Waals surface area contributed by atoms with Crippen LogP contribution in [-0.4, -0.2) is 74.9 Å². The van der Waals surface area contributed by atoms with Crippen molar-refractivity contribution < 1.29 is 27.8 Å². The summed E-state index contributed by atoms with van der Waals surface area (Å²) in [6.45, 7) is 5.81. The lowest BCUT2D eigenvalue weighted by molar-refractivity contribution is -0.195. The molecule has 0 bridgehead atoms. The minimum Gasteiger partial charge on any atom is -0.367 e. The van der Waals surface area contributed by atoms with E-state index in [4.69, 9.17) is 23.3 Å². The summed E-state index contributed by atoms with van der Waals surface area (Å²) in [6, 6.07) is 2.38. The molecule has 3 fully saturated rings. The predicted molar refractivity (Wildman–Crippen MR) is 137 cm³/mol. The average molecular weight is 553 g/mol. The summed E-state index contributed by atoms with van der Waals surface area (Å²) in [7, 11) is -1.78. The number of aromatic nitrogens is 4. The molecule has 0 aromatic carbocycles. The molecule has 202 valence electrons. The molecule has 5 atom stereocenters. The van der Waals surface area contributed by atoms with Crippen molar-refractivity contribution >= 4 is 36.2 Å². The molecule has 1 unspecified atom stereocenters. The number of nitriles is 1. The first-order chi connectivity index (χ1) is 17.8. The van der Waals surface area contributed by atoms with E-state index in [-0.39, 0.29) is 23.5 Å². The van der Waals surface area contributed by atoms with Crippen LogP contribution in [0.4, 0.5) is 5.82 Å². The molecule has 12 nitrogen and oxygen atoms in total. The minimum atomic E-state index is -3.17. The predicted octanol–water partition coefficient (Wildman–Crippen LogP) is 4.04. The van der Waals surface area contributed by atoms with E-state index in [2.05, 4.69) is 26.5 Å². The Morgan fingerprint density at radius 2 is 2.05 bits per heavy atom. The normalized spacial score (nSPS) is 28.8. The van der Waals surface area contributed by atoms with Gasteiger partial charge in [-0.25, -0.2) is 9.67 Å². The fraction of sp³-hybridized carbons (Fsp3) is 0.739. The summed E-state index contributed by atoms with van der Waals surface area (Å²) in [4.78, 5) is 8.90. The number of rotatable bonds is 10. The quantitative estimate of drug-likeness (QED) is 0.425. The Morgan fingerprint density at radius 1 is 1.30 bits per heavy atom. The smallest absolute Gasteiger partial charge is 0.340 e. The number of hydrogen-bond donors (Lipinski definition) is 1. The number of nitrogens with one attached hydrogen (secondary N) is 1. The van der Waals surface area contributed by atoms with Crippen molar-refractivity contribution in [2.75, 3.05) is 30.3 Å². The van der Waals surface area contributed by atoms with Gasteiger partial charge in [0.1, 0.15) is 24.1 Å². The second-order valence-electron chi connectivity index (χ2n) is 9.80. The fourth-order valence-corrected chi connectivity index (χ4v) is 8.18. The van der Waals surface area contributed by atoms with Crippen LogP contribution in [-0.2, 0) is 27.8 Å². The highest BCUT2D eigenvalue weighted by Crippen LogP contribution is 2.51. The molecule has 4 heterocycles. The number of hydrogen-bond acceptors (Lipinski definition) is 12. The van der Waals surface area contributed by atoms with Crippen molar-refractivity contribution in [3.8, 4) is 6.07 Å². The van der Waals surface area contributed by atoms with Gasteiger partial charge in [-0.05, 0) is 33.6 Å². The monoisotopic (exact) mass is 552 g/mol. The number of ether oxygens (including phenoxy) is 3. The van der Waals surface area contributed by atoms with Gasteiger partial charge in [0.25, 0.3) is 0 Å². The van der Waals surface area contributed by atoms with E-state index in [0.29, 0.717) is 29.9 Å². The highest BCUT2D eigenvalue weighted by molar-refractivity contribution is 8.04. The van der Waals surface area contributed by atoms with Gasteiger partial charge < -0.3 is 28.6 Å². The lowest BCUT2D eigenvalue weighted by atomic mass is 10.1. The van der Waals surface area contributed by atoms with Gasteiger partial charge in [0.15, 0.2) is 17.7 Å². The maximum Gasteiger partial charge on any atom is 0.340 e. The first-order valence-electron chi connectivity index (χ1n) is 12.6. The lowest BCUT2D eigenvalue weighted by Gasteiger charge is -2.24. The summed E-state index contributed by atoms with van der Waals surface area (Å²) in [5.41, 5.74) is 0.695. The Kier molecular flexibility index (Phi) is 7.80. The average Bonchev–Trinajstić information content (AvgIpc) is 3.64. The van der Waals surface area contributed by atoms with E-state index in [1.54, 1.807) is 17.8 Å². The van der Waals surface area contributed by atoms with Crippen molar-refractivity contribution in [1.82, 2.24) is 19.7 Å². The molecule has 0 radical (unpaired) electrons. The summed E-state index contributed by atoms with van der Waals surface area (Å²) < 4.78 is 43.7. The van der Waals surface area contributed by atoms with E-state index < -0.39 is 25.7 Å². The third-order valence-electron chi connectivity index (χ3n) is 6.75. The standard InChI is InChI=1S/C23H33N6O6PS/c1-5-32-36(30,31-4)13-37-12-16-18-19(35-23(2,3)34-18)22(33-16)29-21-15(11-25-29)20(27-17(10-24)28-21)26-14-8-6-7-9-14/h11,14,16,18-19,22H,5-9,12-13H2,1-4H3,(H,26,27,28)/t16-,18-,19-,22-,36?/m1/s1. The van der Waals surface area contributed by atoms with E-state index in [1.165, 1.54) is 31.7 Å². The lowest BCUT2D eigenvalue weighted by Crippen LogP contribution is -2.31. The van der Waals surface area contributed by atoms with E-state index in [0.717, 1.165) is 18.2 Å². The Labute approximate surface area is 220 Å². The highest BCUT2D eigenvalue weighted by atomic mass is 32.2. The van der Waals surface area contributed by atoms with Crippen molar-refractivity contribution in [2.24, 2.45) is 0 Å². The molecule has 2 saturated heterocycles. The van der Waals surface area contributed by atoms with Gasteiger partial charge >= 0.3 is 7.60 Å². The molecule has 3 aliphatic rings. The summed E-state index contributed by atoms with van der Waals surface area (Å²) in [5.74, 6) is 0.352. The van der Waals surface area contributed by atoms with Gasteiger partial charge in [0, 0.05) is 18.9 Å². The molecular weight excluding hydrogens is 519 g/mol. The third-order valence-corrected chi connectivity index (χ3v) is 10.5. The maximum atomic E-state index is 12.7. The van der Waals surface area contributed by atoms with E-state index >= 15 is 0 Å². The second kappa shape index (κ2) is 10.8. The zero-order chi connectivity index (χ0) is 26.2. The van der Waals surface area contributed by atoms with Crippen LogP contribution in [0.3, 0.4) is 0 Å². The van der Waals surface area contributed by atoms with Gasteiger partial charge in [-0.2, -0.15) is 15.3 Å². The molecule has 14 heteroatoms. The fourth-order valence-electron chi connectivity index (χ4n) is 5.15. The molecular formula is C23H33N6O6PS. The number of fused-ring (bicyclic) bond motifs is 2. The van der Waals surface area contributed by atoms with Crippen LogP contribution >= 0.6 is 19.4 Å². The van der Waals surface area contributed by atoms with Crippen LogP contribution in [0.25, 0.3) is 11.0 Å². The van der Waals surface area contributed by atoms with Crippen LogP contribution in [0.5, 0.6) is 0 Å². The summed E-state index contributed by atoms with van der Waals surface area (Å²) in [5, 5.41) is 18.4. The molecule has 2 aromatic rings. The van der Waals surface area contributed by atoms with Gasteiger partial charge in [-0.3, -0.25) is 4.57 Å². The summed E-state index contributed by atoms with van der Waals surface area (Å²) >= 11 is 1.42. The van der Waals surface area contributed by atoms with Crippen molar-refractivity contribution in [3.63, 3.8) is 0 Å². The molecule has 0 amide bonds. The largest absolute Gasteiger partial charge is 0.367 e. The molecule has 2 aliphatic heterocycles. The Bertz CT molecular complexity index is 1210. The maximum absolute atomic E-state index is 12.7. The Balaban J connectivity index is 1.41. The molecule has 1 N–H and O–H groups in total. The van der Waals surface area contributed by atoms with Gasteiger partial charge in [0.05, 0.1) is 29.8 Å². The molecule has 5 rings (SSSR count). The SMILES string of the molecule is CCOP(=O)(CSC[C@H]1O[C@@H](n2ncc3c(NC4CCCC4)nc(C#N)nc32)[C@@H]2OC(C)(C)O[C@@H]21)OC. The van der Waals surface area contributed by atoms with E-state index in [9.17, 15) is 9.83 Å². The topological polar surface area (TPSA) is 143 Å². The van der Waals surface area contributed by atoms with Crippen LogP contribution < -0.4 is 5.32 Å². The van der Waals surface area contributed by atoms with Crippen LogP contribution in [0.1, 0.15) is 58.5 Å². The summed E-state index contributed by atoms with van der Waals surface area (Å²) in [6.07, 6.45) is 4.37. The van der Waals surface area contributed by atoms with Gasteiger partial charge in [-0.15, -0.1) is 11.8 Å². The first kappa shape index (κ1) is 26.8. The number of anilines is 1. The Hall–Kier alpha value is -1.78. The first-order valence-corrected chi connectivity index (χ1v) is 15.4. The molecule has 0 spiro atoms. The molecule has 1 aliphatic carbocycles. The number of thioether (sulfide) groups is 1. The van der Waals surface area contributed by atoms with E-state index in [1.807, 2.05) is 13.8 Å². The molecule has 1 saturated carbocycles. The van der Waals surface area contributed by atoms with Gasteiger partial charge in [0.2, 0.25) is 5.82 Å². The van der Waals surface area contributed by atoms with Crippen LogP contribution in [0, 0.1) is 11.3 Å². The van der Waals surface area contributed by atoms with Crippen molar-refractivity contribution in [3.05, 3.63) is 12.0 Å². The van der Waals surface area contributed by atoms with Crippen molar-refractivity contribution in [1.29, 1.82) is 5.26 Å². The third kappa shape index (κ3) is 5.52. The highest BCUT2D eigenvalue weighted by Gasteiger charge is 2.56. The van der Waals surface area contributed by atoms with Crippen LogP contribution in [0.15, 0.2) is 6.20 Å². The zero-order valence-corrected chi connectivity index (χ0v) is 23.2. The van der Waals surface area contributed by atoms with Crippen molar-refractivity contribution in [2.45, 2.75) is 82.8 Å². The van der Waals surface area contributed by atoms with Gasteiger partial charge in [-0.1, -0.05) is 12.8 Å². The van der Waals surface area contributed by atoms with Crippen LogP contribution in [0.2, 0.25) is 0 Å². The molecule has 2 aromatic heterocycles. The second-order valence-corrected chi connectivity index (χ2v) is 13.4. The minimum absolute atomic E-state index is 0.0616.